The maximum atomic E-state index is 12.9. The Hall–Kier alpha value is -3.22. The Labute approximate surface area is 189 Å². The maximum Gasteiger partial charge on any atom is 0.227 e. The minimum atomic E-state index is -0.412. The van der Waals surface area contributed by atoms with Crippen molar-refractivity contribution in [3.8, 4) is 17.2 Å². The van der Waals surface area contributed by atoms with Crippen LogP contribution in [-0.4, -0.2) is 46.2 Å². The van der Waals surface area contributed by atoms with Crippen molar-refractivity contribution in [1.82, 2.24) is 5.32 Å². The Kier molecular flexibility index (Phi) is 7.62. The minimum absolute atomic E-state index is 0.102. The van der Waals surface area contributed by atoms with Crippen molar-refractivity contribution in [3.63, 3.8) is 0 Å². The summed E-state index contributed by atoms with van der Waals surface area (Å²) in [6.07, 6.45) is 0.167. The van der Waals surface area contributed by atoms with Gasteiger partial charge in [0.2, 0.25) is 17.6 Å². The molecule has 2 amide bonds. The van der Waals surface area contributed by atoms with Crippen molar-refractivity contribution in [1.29, 1.82) is 0 Å². The second-order valence-corrected chi connectivity index (χ2v) is 8.30. The Morgan fingerprint density at radius 3 is 2.22 bits per heavy atom. The number of nitrogens with zero attached hydrogens (tertiary/aromatic N) is 1. The number of methoxy groups -OCH3 is 3. The lowest BCUT2D eigenvalue weighted by Crippen LogP contribution is -2.36. The van der Waals surface area contributed by atoms with E-state index in [-0.39, 0.29) is 24.2 Å². The van der Waals surface area contributed by atoms with Crippen molar-refractivity contribution in [3.05, 3.63) is 48.0 Å². The number of hydrogen-bond acceptors (Lipinski definition) is 5. The molecule has 0 aromatic heterocycles. The third-order valence-corrected chi connectivity index (χ3v) is 5.99. The van der Waals surface area contributed by atoms with E-state index < -0.39 is 5.92 Å². The summed E-state index contributed by atoms with van der Waals surface area (Å²) in [5.41, 5.74) is 1.81. The predicted octanol–water partition coefficient (Wildman–Crippen LogP) is 3.62. The fourth-order valence-corrected chi connectivity index (χ4v) is 4.15. The number of anilines is 1. The highest BCUT2D eigenvalue weighted by Crippen LogP contribution is 2.42. The summed E-state index contributed by atoms with van der Waals surface area (Å²) in [5.74, 6) is 1.35. The molecule has 1 aliphatic heterocycles. The molecule has 2 aromatic rings. The van der Waals surface area contributed by atoms with Crippen LogP contribution in [0.3, 0.4) is 0 Å². The smallest absolute Gasteiger partial charge is 0.227 e. The lowest BCUT2D eigenvalue weighted by Gasteiger charge is -2.23. The van der Waals surface area contributed by atoms with Crippen LogP contribution in [0.1, 0.15) is 31.7 Å². The number of carbonyl (C=O) groups is 2. The monoisotopic (exact) mass is 440 g/mol. The van der Waals surface area contributed by atoms with Crippen LogP contribution < -0.4 is 24.4 Å². The van der Waals surface area contributed by atoms with E-state index in [1.165, 1.54) is 26.9 Å². The molecule has 172 valence electrons. The quantitative estimate of drug-likeness (QED) is 0.645. The molecule has 2 unspecified atom stereocenters. The van der Waals surface area contributed by atoms with Crippen LogP contribution in [0.15, 0.2) is 42.5 Å². The van der Waals surface area contributed by atoms with Crippen LogP contribution >= 0.6 is 0 Å². The Morgan fingerprint density at radius 2 is 1.69 bits per heavy atom. The first kappa shape index (κ1) is 23.4. The Bertz CT molecular complexity index is 920. The number of benzene rings is 2. The van der Waals surface area contributed by atoms with Gasteiger partial charge in [-0.05, 0) is 11.5 Å². The lowest BCUT2D eigenvalue weighted by atomic mass is 9.88. The molecule has 1 fully saturated rings. The van der Waals surface area contributed by atoms with E-state index in [1.54, 1.807) is 17.0 Å². The van der Waals surface area contributed by atoms with Gasteiger partial charge in [-0.2, -0.15) is 0 Å². The first-order valence-corrected chi connectivity index (χ1v) is 10.8. The predicted molar refractivity (Wildman–Crippen MR) is 124 cm³/mol. The first-order chi connectivity index (χ1) is 15.4. The molecule has 2 aromatic carbocycles. The topological polar surface area (TPSA) is 77.1 Å². The summed E-state index contributed by atoms with van der Waals surface area (Å²) in [5, 5.41) is 3.07. The van der Waals surface area contributed by atoms with Crippen molar-refractivity contribution in [2.45, 2.75) is 26.2 Å². The molecule has 0 radical (unpaired) electrons. The molecular formula is C25H32N2O5. The Morgan fingerprint density at radius 1 is 1.06 bits per heavy atom. The van der Waals surface area contributed by atoms with Gasteiger partial charge in [0.05, 0.1) is 32.9 Å². The minimum Gasteiger partial charge on any atom is -0.493 e. The zero-order valence-corrected chi connectivity index (χ0v) is 19.4. The fraction of sp³-hybridized carbons (Fsp3) is 0.440. The van der Waals surface area contributed by atoms with E-state index in [0.717, 1.165) is 0 Å². The molecule has 0 saturated carbocycles. The molecule has 1 heterocycles. The summed E-state index contributed by atoms with van der Waals surface area (Å²) < 4.78 is 16.1. The summed E-state index contributed by atoms with van der Waals surface area (Å²) >= 11 is 0. The van der Waals surface area contributed by atoms with E-state index in [1.807, 2.05) is 18.2 Å². The van der Waals surface area contributed by atoms with Gasteiger partial charge < -0.3 is 24.4 Å². The van der Waals surface area contributed by atoms with Crippen LogP contribution in [0.4, 0.5) is 5.69 Å². The maximum absolute atomic E-state index is 12.9. The highest BCUT2D eigenvalue weighted by Gasteiger charge is 2.36. The number of ether oxygens (including phenoxy) is 3. The highest BCUT2D eigenvalue weighted by molar-refractivity contribution is 6.00. The highest BCUT2D eigenvalue weighted by atomic mass is 16.5. The molecule has 1 saturated heterocycles. The summed E-state index contributed by atoms with van der Waals surface area (Å²) in [4.78, 5) is 27.3. The SMILES string of the molecule is COc1cc(N2CC(C(=O)NCC(c3ccccc3)C(C)C)CC2=O)cc(OC)c1OC. The molecule has 0 aliphatic carbocycles. The van der Waals surface area contributed by atoms with Crippen molar-refractivity contribution < 1.29 is 23.8 Å². The summed E-state index contributed by atoms with van der Waals surface area (Å²) in [7, 11) is 4.59. The zero-order valence-electron chi connectivity index (χ0n) is 19.4. The molecule has 1 aliphatic rings. The van der Waals surface area contributed by atoms with E-state index in [2.05, 4.69) is 31.3 Å². The number of nitrogens with one attached hydrogen (secondary N) is 1. The fourth-order valence-electron chi connectivity index (χ4n) is 4.15. The van der Waals surface area contributed by atoms with E-state index in [4.69, 9.17) is 14.2 Å². The van der Waals surface area contributed by atoms with Gasteiger partial charge >= 0.3 is 0 Å². The van der Waals surface area contributed by atoms with Crippen molar-refractivity contribution in [2.24, 2.45) is 11.8 Å². The average Bonchev–Trinajstić information content (AvgIpc) is 3.20. The van der Waals surface area contributed by atoms with E-state index >= 15 is 0 Å². The van der Waals surface area contributed by atoms with Crippen LogP contribution in [0, 0.1) is 11.8 Å². The van der Waals surface area contributed by atoms with Gasteiger partial charge in [-0.25, -0.2) is 0 Å². The first-order valence-electron chi connectivity index (χ1n) is 10.8. The average molecular weight is 441 g/mol. The number of rotatable bonds is 9. The van der Waals surface area contributed by atoms with Gasteiger partial charge in [0.1, 0.15) is 0 Å². The number of amides is 2. The second kappa shape index (κ2) is 10.4. The molecule has 7 heteroatoms. The molecule has 3 rings (SSSR count). The van der Waals surface area contributed by atoms with Gasteiger partial charge in [-0.1, -0.05) is 44.2 Å². The number of carbonyl (C=O) groups excluding carboxylic acids is 2. The third-order valence-electron chi connectivity index (χ3n) is 5.99. The van der Waals surface area contributed by atoms with Crippen molar-refractivity contribution >= 4 is 17.5 Å². The zero-order chi connectivity index (χ0) is 23.3. The second-order valence-electron chi connectivity index (χ2n) is 8.30. The van der Waals surface area contributed by atoms with Gasteiger partial charge in [0, 0.05) is 37.6 Å². The molecule has 0 bridgehead atoms. The third kappa shape index (κ3) is 4.98. The van der Waals surface area contributed by atoms with Gasteiger partial charge in [0.25, 0.3) is 0 Å². The standard InChI is InChI=1S/C25H32N2O5/c1-16(2)20(17-9-7-6-8-10-17)14-26-25(29)18-11-23(28)27(15-18)19-12-21(30-3)24(32-5)22(13-19)31-4/h6-10,12-13,16,18,20H,11,14-15H2,1-5H3,(H,26,29). The molecule has 0 spiro atoms. The number of hydrogen-bond donors (Lipinski definition) is 1. The van der Waals surface area contributed by atoms with Crippen LogP contribution in [0.25, 0.3) is 0 Å². The van der Waals surface area contributed by atoms with Crippen molar-refractivity contribution in [2.75, 3.05) is 39.3 Å². The van der Waals surface area contributed by atoms with Gasteiger partial charge in [-0.15, -0.1) is 0 Å². The van der Waals surface area contributed by atoms with Gasteiger partial charge in [0.15, 0.2) is 11.5 Å². The molecule has 1 N–H and O–H groups in total. The summed E-state index contributed by atoms with van der Waals surface area (Å²) in [6.45, 7) is 5.14. The van der Waals surface area contributed by atoms with Crippen LogP contribution in [-0.2, 0) is 9.59 Å². The molecular weight excluding hydrogens is 408 g/mol. The largest absolute Gasteiger partial charge is 0.493 e. The summed E-state index contributed by atoms with van der Waals surface area (Å²) in [6, 6.07) is 13.6. The van der Waals surface area contributed by atoms with Gasteiger partial charge in [-0.3, -0.25) is 9.59 Å². The van der Waals surface area contributed by atoms with Crippen LogP contribution in [0.2, 0.25) is 0 Å². The van der Waals surface area contributed by atoms with Crippen LogP contribution in [0.5, 0.6) is 17.2 Å². The lowest BCUT2D eigenvalue weighted by molar-refractivity contribution is -0.126. The van der Waals surface area contributed by atoms with E-state index in [0.29, 0.717) is 41.9 Å². The molecule has 2 atom stereocenters. The normalized spacial score (nSPS) is 16.8. The van der Waals surface area contributed by atoms with E-state index in [9.17, 15) is 9.59 Å². The molecule has 7 nitrogen and oxygen atoms in total. The Balaban J connectivity index is 1.71. The molecule has 32 heavy (non-hydrogen) atoms.